The fourth-order valence-electron chi connectivity index (χ4n) is 2.55. The van der Waals surface area contributed by atoms with Crippen LogP contribution in [0.3, 0.4) is 0 Å². The van der Waals surface area contributed by atoms with Gasteiger partial charge in [-0.05, 0) is 29.8 Å². The first kappa shape index (κ1) is 17.5. The lowest BCUT2D eigenvalue weighted by Gasteiger charge is -2.06. The van der Waals surface area contributed by atoms with E-state index in [1.165, 1.54) is 11.3 Å². The SMILES string of the molecule is COc1ccc(OC)c2c1sc(=NC(=O)Cc1ccc(Cl)cc1)n2C. The fourth-order valence-corrected chi connectivity index (χ4v) is 3.82. The monoisotopic (exact) mass is 376 g/mol. The molecule has 0 atom stereocenters. The number of aryl methyl sites for hydroxylation is 1. The maximum Gasteiger partial charge on any atom is 0.252 e. The zero-order chi connectivity index (χ0) is 18.0. The Morgan fingerprint density at radius 2 is 1.76 bits per heavy atom. The molecular formula is C18H17ClN2O3S. The van der Waals surface area contributed by atoms with E-state index in [1.807, 2.05) is 35.9 Å². The third-order valence-corrected chi connectivity index (χ3v) is 5.20. The van der Waals surface area contributed by atoms with Crippen molar-refractivity contribution in [2.45, 2.75) is 6.42 Å². The minimum absolute atomic E-state index is 0.220. The van der Waals surface area contributed by atoms with Crippen molar-refractivity contribution in [3.05, 3.63) is 51.8 Å². The number of methoxy groups -OCH3 is 2. The number of nitrogens with zero attached hydrogens (tertiary/aromatic N) is 2. The predicted molar refractivity (Wildman–Crippen MR) is 99.6 cm³/mol. The molecule has 1 heterocycles. The number of amides is 1. The van der Waals surface area contributed by atoms with Crippen LogP contribution in [0.5, 0.6) is 11.5 Å². The normalized spacial score (nSPS) is 11.8. The van der Waals surface area contributed by atoms with Crippen LogP contribution in [-0.4, -0.2) is 24.7 Å². The van der Waals surface area contributed by atoms with Gasteiger partial charge in [-0.1, -0.05) is 35.1 Å². The fraction of sp³-hybridized carbons (Fsp3) is 0.222. The summed E-state index contributed by atoms with van der Waals surface area (Å²) in [5, 5.41) is 0.642. The number of benzene rings is 2. The highest BCUT2D eigenvalue weighted by Crippen LogP contribution is 2.34. The molecule has 0 aliphatic heterocycles. The van der Waals surface area contributed by atoms with Crippen LogP contribution in [0.25, 0.3) is 10.2 Å². The van der Waals surface area contributed by atoms with Gasteiger partial charge in [0.2, 0.25) is 0 Å². The van der Waals surface area contributed by atoms with E-state index in [1.54, 1.807) is 26.4 Å². The Hall–Kier alpha value is -2.31. The summed E-state index contributed by atoms with van der Waals surface area (Å²) in [5.41, 5.74) is 1.72. The molecule has 0 saturated carbocycles. The number of ether oxygens (including phenoxy) is 2. The number of hydrogen-bond donors (Lipinski definition) is 0. The number of halogens is 1. The molecular weight excluding hydrogens is 360 g/mol. The molecule has 0 fully saturated rings. The zero-order valence-electron chi connectivity index (χ0n) is 14.1. The molecule has 0 saturated heterocycles. The van der Waals surface area contributed by atoms with E-state index in [-0.39, 0.29) is 12.3 Å². The largest absolute Gasteiger partial charge is 0.495 e. The van der Waals surface area contributed by atoms with Crippen LogP contribution in [0, 0.1) is 0 Å². The third kappa shape index (κ3) is 3.55. The molecule has 0 radical (unpaired) electrons. The molecule has 25 heavy (non-hydrogen) atoms. The van der Waals surface area contributed by atoms with E-state index in [2.05, 4.69) is 4.99 Å². The van der Waals surface area contributed by atoms with Crippen LogP contribution in [0.4, 0.5) is 0 Å². The Bertz CT molecular complexity index is 990. The van der Waals surface area contributed by atoms with E-state index >= 15 is 0 Å². The van der Waals surface area contributed by atoms with E-state index < -0.39 is 0 Å². The molecule has 0 N–H and O–H groups in total. The average Bonchev–Trinajstić information content (AvgIpc) is 2.93. The van der Waals surface area contributed by atoms with Gasteiger partial charge in [-0.2, -0.15) is 4.99 Å². The second-order valence-electron chi connectivity index (χ2n) is 5.40. The van der Waals surface area contributed by atoms with Gasteiger partial charge >= 0.3 is 0 Å². The lowest BCUT2D eigenvalue weighted by Crippen LogP contribution is -2.14. The summed E-state index contributed by atoms with van der Waals surface area (Å²) in [7, 11) is 5.08. The van der Waals surface area contributed by atoms with Crippen molar-refractivity contribution in [1.29, 1.82) is 0 Å². The molecule has 3 rings (SSSR count). The summed E-state index contributed by atoms with van der Waals surface area (Å²) in [4.78, 5) is 17.2. The van der Waals surface area contributed by atoms with Gasteiger partial charge in [0, 0.05) is 12.1 Å². The maximum absolute atomic E-state index is 12.3. The lowest BCUT2D eigenvalue weighted by atomic mass is 10.1. The molecule has 1 amide bonds. The first-order valence-corrected chi connectivity index (χ1v) is 8.75. The maximum atomic E-state index is 12.3. The van der Waals surface area contributed by atoms with Gasteiger partial charge in [0.05, 0.1) is 20.6 Å². The number of aromatic nitrogens is 1. The Morgan fingerprint density at radius 1 is 1.12 bits per heavy atom. The standard InChI is InChI=1S/C18H17ClN2O3S/c1-21-16-13(23-2)8-9-14(24-3)17(16)25-18(21)20-15(22)10-11-4-6-12(19)7-5-11/h4-9H,10H2,1-3H3. The van der Waals surface area contributed by atoms with Gasteiger partial charge in [-0.25, -0.2) is 0 Å². The summed E-state index contributed by atoms with van der Waals surface area (Å²) < 4.78 is 13.6. The van der Waals surface area contributed by atoms with E-state index in [0.29, 0.717) is 15.6 Å². The van der Waals surface area contributed by atoms with Crippen molar-refractivity contribution in [3.8, 4) is 11.5 Å². The van der Waals surface area contributed by atoms with Crippen molar-refractivity contribution in [2.24, 2.45) is 12.0 Å². The zero-order valence-corrected chi connectivity index (χ0v) is 15.6. The van der Waals surface area contributed by atoms with Gasteiger partial charge in [0.15, 0.2) is 4.80 Å². The topological polar surface area (TPSA) is 52.8 Å². The first-order chi connectivity index (χ1) is 12.0. The van der Waals surface area contributed by atoms with Gasteiger partial charge in [0.25, 0.3) is 5.91 Å². The molecule has 0 unspecified atom stereocenters. The molecule has 1 aromatic heterocycles. The number of thiazole rings is 1. The van der Waals surface area contributed by atoms with Crippen LogP contribution in [0.2, 0.25) is 5.02 Å². The lowest BCUT2D eigenvalue weighted by molar-refractivity contribution is -0.117. The second kappa shape index (κ2) is 7.29. The Balaban J connectivity index is 2.02. The average molecular weight is 377 g/mol. The highest BCUT2D eigenvalue weighted by atomic mass is 35.5. The third-order valence-electron chi connectivity index (χ3n) is 3.80. The molecule has 130 valence electrons. The van der Waals surface area contributed by atoms with Crippen LogP contribution in [0.15, 0.2) is 41.4 Å². The number of hydrogen-bond acceptors (Lipinski definition) is 4. The van der Waals surface area contributed by atoms with Crippen LogP contribution >= 0.6 is 22.9 Å². The quantitative estimate of drug-likeness (QED) is 0.699. The second-order valence-corrected chi connectivity index (χ2v) is 6.81. The molecule has 3 aromatic rings. The Labute approximate surface area is 154 Å². The van der Waals surface area contributed by atoms with E-state index in [0.717, 1.165) is 21.5 Å². The Morgan fingerprint density at radius 3 is 2.40 bits per heavy atom. The summed E-state index contributed by atoms with van der Waals surface area (Å²) in [6.07, 6.45) is 0.222. The number of carbonyl (C=O) groups is 1. The minimum Gasteiger partial charge on any atom is -0.495 e. The predicted octanol–water partition coefficient (Wildman–Crippen LogP) is 3.58. The van der Waals surface area contributed by atoms with Crippen molar-refractivity contribution in [1.82, 2.24) is 4.57 Å². The summed E-state index contributed by atoms with van der Waals surface area (Å²) in [6.45, 7) is 0. The Kier molecular flexibility index (Phi) is 5.11. The van der Waals surface area contributed by atoms with E-state index in [4.69, 9.17) is 21.1 Å². The smallest absolute Gasteiger partial charge is 0.252 e. The van der Waals surface area contributed by atoms with Crippen molar-refractivity contribution >= 4 is 39.1 Å². The van der Waals surface area contributed by atoms with Gasteiger partial charge in [-0.15, -0.1) is 0 Å². The molecule has 7 heteroatoms. The molecule has 0 bridgehead atoms. The van der Waals surface area contributed by atoms with Gasteiger partial charge in [-0.3, -0.25) is 4.79 Å². The molecule has 2 aromatic carbocycles. The summed E-state index contributed by atoms with van der Waals surface area (Å²) >= 11 is 7.26. The number of fused-ring (bicyclic) bond motifs is 1. The molecule has 5 nitrogen and oxygen atoms in total. The number of rotatable bonds is 4. The molecule has 0 aliphatic rings. The first-order valence-electron chi connectivity index (χ1n) is 7.56. The van der Waals surface area contributed by atoms with Crippen molar-refractivity contribution < 1.29 is 14.3 Å². The van der Waals surface area contributed by atoms with Crippen LogP contribution < -0.4 is 14.3 Å². The highest BCUT2D eigenvalue weighted by molar-refractivity contribution is 7.16. The van der Waals surface area contributed by atoms with Crippen molar-refractivity contribution in [2.75, 3.05) is 14.2 Å². The summed E-state index contributed by atoms with van der Waals surface area (Å²) in [6, 6.07) is 10.9. The van der Waals surface area contributed by atoms with Gasteiger partial charge in [0.1, 0.15) is 21.7 Å². The molecule has 0 spiro atoms. The van der Waals surface area contributed by atoms with Crippen LogP contribution in [-0.2, 0) is 18.3 Å². The van der Waals surface area contributed by atoms with Crippen LogP contribution in [0.1, 0.15) is 5.56 Å². The number of carbonyl (C=O) groups excluding carboxylic acids is 1. The summed E-state index contributed by atoms with van der Waals surface area (Å²) in [5.74, 6) is 1.21. The van der Waals surface area contributed by atoms with Crippen molar-refractivity contribution in [3.63, 3.8) is 0 Å². The highest BCUT2D eigenvalue weighted by Gasteiger charge is 2.14. The van der Waals surface area contributed by atoms with Gasteiger partial charge < -0.3 is 14.0 Å². The molecule has 0 aliphatic carbocycles. The van der Waals surface area contributed by atoms with E-state index in [9.17, 15) is 4.79 Å². The minimum atomic E-state index is -0.220.